The number of nitrogens with zero attached hydrogens (tertiary/aromatic N) is 2. The van der Waals surface area contributed by atoms with Gasteiger partial charge in [0.15, 0.2) is 0 Å². The van der Waals surface area contributed by atoms with Crippen LogP contribution in [0.1, 0.15) is 29.9 Å². The zero-order chi connectivity index (χ0) is 13.9. The molecule has 18 heavy (non-hydrogen) atoms. The van der Waals surface area contributed by atoms with Crippen molar-refractivity contribution in [2.75, 3.05) is 19.1 Å². The van der Waals surface area contributed by atoms with Gasteiger partial charge in [-0.15, -0.1) is 0 Å². The number of anilines is 1. The molecule has 0 bridgehead atoms. The van der Waals surface area contributed by atoms with Crippen molar-refractivity contribution in [3.63, 3.8) is 0 Å². The number of carbonyl (C=O) groups is 1. The number of hydrazine groups is 1. The monoisotopic (exact) mass is 252 g/mol. The number of aliphatic hydroxyl groups excluding tert-OH is 1. The van der Waals surface area contributed by atoms with Gasteiger partial charge in [-0.1, -0.05) is 0 Å². The molecular formula is C12H20N4O2. The van der Waals surface area contributed by atoms with Gasteiger partial charge >= 0.3 is 0 Å². The maximum absolute atomic E-state index is 12.3. The molecule has 1 aromatic heterocycles. The quantitative estimate of drug-likeness (QED) is 0.536. The smallest absolute Gasteiger partial charge is 0.254 e. The maximum atomic E-state index is 12.3. The number of nitrogen functional groups attached to an aromatic ring is 1. The van der Waals surface area contributed by atoms with Crippen molar-refractivity contribution in [2.45, 2.75) is 26.3 Å². The van der Waals surface area contributed by atoms with Gasteiger partial charge in [0.1, 0.15) is 5.82 Å². The van der Waals surface area contributed by atoms with E-state index in [-0.39, 0.29) is 12.5 Å². The van der Waals surface area contributed by atoms with Crippen LogP contribution in [-0.4, -0.2) is 40.1 Å². The lowest BCUT2D eigenvalue weighted by atomic mass is 10.0. The summed E-state index contributed by atoms with van der Waals surface area (Å²) in [6.45, 7) is 5.26. The molecule has 0 aliphatic carbocycles. The van der Waals surface area contributed by atoms with Crippen molar-refractivity contribution in [3.8, 4) is 0 Å². The van der Waals surface area contributed by atoms with Gasteiger partial charge in [0.25, 0.3) is 5.91 Å². The lowest BCUT2D eigenvalue weighted by molar-refractivity contribution is 0.0473. The molecule has 0 aliphatic rings. The van der Waals surface area contributed by atoms with Gasteiger partial charge in [0, 0.05) is 18.3 Å². The molecule has 1 amide bonds. The van der Waals surface area contributed by atoms with Crippen LogP contribution in [0.4, 0.5) is 5.82 Å². The molecule has 100 valence electrons. The van der Waals surface area contributed by atoms with Crippen molar-refractivity contribution in [2.24, 2.45) is 5.84 Å². The summed E-state index contributed by atoms with van der Waals surface area (Å²) in [5.74, 6) is 5.55. The van der Waals surface area contributed by atoms with Gasteiger partial charge in [-0.25, -0.2) is 10.8 Å². The van der Waals surface area contributed by atoms with Crippen molar-refractivity contribution >= 4 is 11.7 Å². The third-order valence-corrected chi connectivity index (χ3v) is 2.95. The van der Waals surface area contributed by atoms with Crippen molar-refractivity contribution in [1.29, 1.82) is 0 Å². The van der Waals surface area contributed by atoms with Crippen molar-refractivity contribution in [3.05, 3.63) is 23.4 Å². The Morgan fingerprint density at radius 2 is 2.17 bits per heavy atom. The van der Waals surface area contributed by atoms with Crippen LogP contribution >= 0.6 is 0 Å². The molecule has 0 spiro atoms. The van der Waals surface area contributed by atoms with E-state index in [1.54, 1.807) is 40.0 Å². The number of aromatic nitrogens is 1. The summed E-state index contributed by atoms with van der Waals surface area (Å²) in [6, 6.07) is 3.27. The molecule has 0 unspecified atom stereocenters. The van der Waals surface area contributed by atoms with Crippen LogP contribution in [-0.2, 0) is 0 Å². The van der Waals surface area contributed by atoms with E-state index in [9.17, 15) is 9.90 Å². The molecule has 0 fully saturated rings. The Bertz CT molecular complexity index is 446. The SMILES string of the molecule is Cc1cc(C(=O)N(C)C(C)(C)CO)cc(NN)n1. The minimum atomic E-state index is -0.620. The first-order valence-corrected chi connectivity index (χ1v) is 5.66. The summed E-state index contributed by atoms with van der Waals surface area (Å²) < 4.78 is 0. The van der Waals surface area contributed by atoms with Crippen molar-refractivity contribution in [1.82, 2.24) is 9.88 Å². The number of aryl methyl sites for hydroxylation is 1. The van der Waals surface area contributed by atoms with Gasteiger partial charge in [0.05, 0.1) is 12.1 Å². The normalized spacial score (nSPS) is 11.2. The summed E-state index contributed by atoms with van der Waals surface area (Å²) in [7, 11) is 1.66. The van der Waals surface area contributed by atoms with Crippen LogP contribution in [0, 0.1) is 6.92 Å². The predicted octanol–water partition coefficient (Wildman–Crippen LogP) is 0.519. The van der Waals surface area contributed by atoms with E-state index in [1.807, 2.05) is 0 Å². The first-order chi connectivity index (χ1) is 8.31. The van der Waals surface area contributed by atoms with Gasteiger partial charge in [-0.2, -0.15) is 0 Å². The minimum Gasteiger partial charge on any atom is -0.394 e. The lowest BCUT2D eigenvalue weighted by Gasteiger charge is -2.34. The number of nitrogens with two attached hydrogens (primary N) is 1. The Kier molecular flexibility index (Phi) is 4.26. The van der Waals surface area contributed by atoms with E-state index >= 15 is 0 Å². The zero-order valence-electron chi connectivity index (χ0n) is 11.2. The number of likely N-dealkylation sites (N-methyl/N-ethyl adjacent to an activating group) is 1. The van der Waals surface area contributed by atoms with Gasteiger partial charge in [0.2, 0.25) is 0 Å². The molecule has 1 aromatic rings. The summed E-state index contributed by atoms with van der Waals surface area (Å²) in [6.07, 6.45) is 0. The highest BCUT2D eigenvalue weighted by Crippen LogP contribution is 2.17. The third kappa shape index (κ3) is 2.96. The van der Waals surface area contributed by atoms with E-state index in [0.29, 0.717) is 17.1 Å². The Balaban J connectivity index is 3.07. The molecular weight excluding hydrogens is 232 g/mol. The highest BCUT2D eigenvalue weighted by molar-refractivity contribution is 5.95. The van der Waals surface area contributed by atoms with Gasteiger partial charge < -0.3 is 15.4 Å². The molecule has 4 N–H and O–H groups in total. The molecule has 6 nitrogen and oxygen atoms in total. The van der Waals surface area contributed by atoms with E-state index in [1.165, 1.54) is 4.90 Å². The van der Waals surface area contributed by atoms with Gasteiger partial charge in [-0.3, -0.25) is 4.79 Å². The molecule has 0 aliphatic heterocycles. The fraction of sp³-hybridized carbons (Fsp3) is 0.500. The van der Waals surface area contributed by atoms with Crippen LogP contribution < -0.4 is 11.3 Å². The van der Waals surface area contributed by atoms with Crippen molar-refractivity contribution < 1.29 is 9.90 Å². The number of carbonyl (C=O) groups excluding carboxylic acids is 1. The topological polar surface area (TPSA) is 91.5 Å². The predicted molar refractivity (Wildman–Crippen MR) is 70.0 cm³/mol. The molecule has 0 aromatic carbocycles. The maximum Gasteiger partial charge on any atom is 0.254 e. The summed E-state index contributed by atoms with van der Waals surface area (Å²) >= 11 is 0. The largest absolute Gasteiger partial charge is 0.394 e. The third-order valence-electron chi connectivity index (χ3n) is 2.95. The second-order valence-corrected chi connectivity index (χ2v) is 4.86. The Hall–Kier alpha value is -1.66. The number of rotatable bonds is 4. The molecule has 6 heteroatoms. The fourth-order valence-corrected chi connectivity index (χ4v) is 1.44. The molecule has 1 rings (SSSR count). The number of hydrogen-bond acceptors (Lipinski definition) is 5. The molecule has 0 saturated carbocycles. The summed E-state index contributed by atoms with van der Waals surface area (Å²) in [5, 5.41) is 9.28. The Morgan fingerprint density at radius 3 is 2.67 bits per heavy atom. The van der Waals surface area contributed by atoms with Crippen LogP contribution in [0.2, 0.25) is 0 Å². The Labute approximate surface area is 107 Å². The number of hydrogen-bond donors (Lipinski definition) is 3. The molecule has 0 radical (unpaired) electrons. The highest BCUT2D eigenvalue weighted by atomic mass is 16.3. The first kappa shape index (κ1) is 14.4. The average molecular weight is 252 g/mol. The number of nitrogens with one attached hydrogen (secondary N) is 1. The lowest BCUT2D eigenvalue weighted by Crippen LogP contribution is -2.47. The standard InChI is InChI=1S/C12H20N4O2/c1-8-5-9(6-10(14-8)15-13)11(18)16(4)12(2,3)7-17/h5-6,17H,7,13H2,1-4H3,(H,14,15). The number of amides is 1. The Morgan fingerprint density at radius 1 is 1.56 bits per heavy atom. The van der Waals surface area contributed by atoms with E-state index in [0.717, 1.165) is 0 Å². The van der Waals surface area contributed by atoms with Gasteiger partial charge in [-0.05, 0) is 32.9 Å². The summed E-state index contributed by atoms with van der Waals surface area (Å²) in [5.41, 5.74) is 2.99. The van der Waals surface area contributed by atoms with Crippen LogP contribution in [0.5, 0.6) is 0 Å². The zero-order valence-corrected chi connectivity index (χ0v) is 11.2. The fourth-order valence-electron chi connectivity index (χ4n) is 1.44. The molecule has 1 heterocycles. The van der Waals surface area contributed by atoms with Crippen LogP contribution in [0.25, 0.3) is 0 Å². The summed E-state index contributed by atoms with van der Waals surface area (Å²) in [4.78, 5) is 17.9. The first-order valence-electron chi connectivity index (χ1n) is 5.66. The van der Waals surface area contributed by atoms with Crippen LogP contribution in [0.15, 0.2) is 12.1 Å². The average Bonchev–Trinajstić information content (AvgIpc) is 2.36. The highest BCUT2D eigenvalue weighted by Gasteiger charge is 2.27. The second-order valence-electron chi connectivity index (χ2n) is 4.86. The number of aliphatic hydroxyl groups is 1. The molecule has 0 atom stereocenters. The minimum absolute atomic E-state index is 0.110. The second kappa shape index (κ2) is 5.32. The molecule has 0 saturated heterocycles. The van der Waals surface area contributed by atoms with Crippen LogP contribution in [0.3, 0.4) is 0 Å². The van der Waals surface area contributed by atoms with E-state index in [2.05, 4.69) is 10.4 Å². The van der Waals surface area contributed by atoms with E-state index < -0.39 is 5.54 Å². The van der Waals surface area contributed by atoms with E-state index in [4.69, 9.17) is 5.84 Å². The number of pyridine rings is 1.